The lowest BCUT2D eigenvalue weighted by Gasteiger charge is -2.27. The number of anilines is 1. The van der Waals surface area contributed by atoms with Crippen molar-refractivity contribution in [2.45, 2.75) is 20.4 Å². The number of rotatable bonds is 7. The summed E-state index contributed by atoms with van der Waals surface area (Å²) >= 11 is 5.70. The van der Waals surface area contributed by atoms with Gasteiger partial charge in [-0.15, -0.1) is 0 Å². The number of nitrogens with one attached hydrogen (secondary N) is 2. The van der Waals surface area contributed by atoms with Crippen LogP contribution in [0.5, 0.6) is 5.75 Å². The SMILES string of the molecule is COc1ccc(NC(=S)N(CCN(C)C)Cc2cc3c(C)cc(C)cc3[nH]c2=O)cc1. The number of likely N-dealkylation sites (N-methyl/N-ethyl adjacent to an activating group) is 1. The van der Waals surface area contributed by atoms with E-state index in [2.05, 4.69) is 28.2 Å². The number of benzene rings is 2. The fraction of sp³-hybridized carbons (Fsp3) is 0.333. The quantitative estimate of drug-likeness (QED) is 0.546. The minimum Gasteiger partial charge on any atom is -0.497 e. The van der Waals surface area contributed by atoms with Gasteiger partial charge in [0.05, 0.1) is 13.7 Å². The number of aromatic nitrogens is 1. The average Bonchev–Trinajstić information content (AvgIpc) is 2.71. The largest absolute Gasteiger partial charge is 0.497 e. The maximum atomic E-state index is 12.8. The number of H-pyrrole nitrogens is 1. The number of aryl methyl sites for hydroxylation is 2. The van der Waals surface area contributed by atoms with Crippen molar-refractivity contribution in [3.05, 3.63) is 69.5 Å². The van der Waals surface area contributed by atoms with Gasteiger partial charge in [-0.2, -0.15) is 0 Å². The smallest absolute Gasteiger partial charge is 0.253 e. The van der Waals surface area contributed by atoms with Crippen LogP contribution in [-0.2, 0) is 6.54 Å². The van der Waals surface area contributed by atoms with Gasteiger partial charge in [0.2, 0.25) is 0 Å². The third kappa shape index (κ3) is 5.83. The van der Waals surface area contributed by atoms with Crippen LogP contribution in [0.4, 0.5) is 5.69 Å². The van der Waals surface area contributed by atoms with E-state index in [1.165, 1.54) is 0 Å². The highest BCUT2D eigenvalue weighted by atomic mass is 32.1. The van der Waals surface area contributed by atoms with Crippen LogP contribution in [0, 0.1) is 13.8 Å². The molecule has 0 aliphatic rings. The minimum atomic E-state index is -0.0837. The fourth-order valence-corrected chi connectivity index (χ4v) is 3.76. The van der Waals surface area contributed by atoms with Gasteiger partial charge in [0.15, 0.2) is 5.11 Å². The first-order valence-corrected chi connectivity index (χ1v) is 10.7. The summed E-state index contributed by atoms with van der Waals surface area (Å²) < 4.78 is 5.22. The van der Waals surface area contributed by atoms with Crippen molar-refractivity contribution >= 4 is 33.9 Å². The number of hydrogen-bond donors (Lipinski definition) is 2. The predicted octanol–water partition coefficient (Wildman–Crippen LogP) is 3.91. The molecule has 0 atom stereocenters. The molecule has 0 unspecified atom stereocenters. The Bertz CT molecular complexity index is 1120. The van der Waals surface area contributed by atoms with Gasteiger partial charge in [0, 0.05) is 35.2 Å². The second-order valence-electron chi connectivity index (χ2n) is 8.05. The number of fused-ring (bicyclic) bond motifs is 1. The Balaban J connectivity index is 1.86. The zero-order valence-corrected chi connectivity index (χ0v) is 19.6. The van der Waals surface area contributed by atoms with E-state index in [1.54, 1.807) is 7.11 Å². The summed E-state index contributed by atoms with van der Waals surface area (Å²) in [6.07, 6.45) is 0. The minimum absolute atomic E-state index is 0.0837. The third-order valence-corrected chi connectivity index (χ3v) is 5.56. The summed E-state index contributed by atoms with van der Waals surface area (Å²) in [5, 5.41) is 4.92. The van der Waals surface area contributed by atoms with E-state index in [0.717, 1.165) is 40.0 Å². The van der Waals surface area contributed by atoms with Gasteiger partial charge in [0.25, 0.3) is 5.56 Å². The normalized spacial score (nSPS) is 11.0. The molecule has 2 aromatic carbocycles. The topological polar surface area (TPSA) is 60.6 Å². The van der Waals surface area contributed by atoms with E-state index in [9.17, 15) is 4.79 Å². The van der Waals surface area contributed by atoms with E-state index < -0.39 is 0 Å². The molecule has 31 heavy (non-hydrogen) atoms. The summed E-state index contributed by atoms with van der Waals surface area (Å²) in [6, 6.07) is 13.7. The standard InChI is InChI=1S/C24H30N4O2S/c1-16-12-17(2)21-14-18(23(29)26-22(21)13-16)15-28(11-10-27(3)4)24(31)25-19-6-8-20(30-5)9-7-19/h6-9,12-14H,10-11,15H2,1-5H3,(H,25,31)(H,26,29). The molecule has 7 heteroatoms. The first kappa shape index (κ1) is 22.8. The Morgan fingerprint density at radius 3 is 2.45 bits per heavy atom. The van der Waals surface area contributed by atoms with Crippen LogP contribution in [0.25, 0.3) is 10.9 Å². The fourth-order valence-electron chi connectivity index (χ4n) is 3.49. The lowest BCUT2D eigenvalue weighted by molar-refractivity contribution is 0.327. The van der Waals surface area contributed by atoms with Crippen LogP contribution >= 0.6 is 12.2 Å². The monoisotopic (exact) mass is 438 g/mol. The summed E-state index contributed by atoms with van der Waals surface area (Å²) in [6.45, 7) is 6.03. The molecular formula is C24H30N4O2S. The molecular weight excluding hydrogens is 408 g/mol. The molecule has 3 rings (SSSR count). The highest BCUT2D eigenvalue weighted by Crippen LogP contribution is 2.20. The van der Waals surface area contributed by atoms with E-state index in [-0.39, 0.29) is 5.56 Å². The zero-order chi connectivity index (χ0) is 22.5. The molecule has 2 N–H and O–H groups in total. The molecule has 0 radical (unpaired) electrons. The molecule has 1 aromatic heterocycles. The molecule has 0 bridgehead atoms. The number of ether oxygens (including phenoxy) is 1. The molecule has 1 heterocycles. The Kier molecular flexibility index (Phi) is 7.30. The number of pyridine rings is 1. The summed E-state index contributed by atoms with van der Waals surface area (Å²) in [5.41, 5.74) is 4.62. The highest BCUT2D eigenvalue weighted by molar-refractivity contribution is 7.80. The van der Waals surface area contributed by atoms with Crippen molar-refractivity contribution in [2.75, 3.05) is 39.6 Å². The van der Waals surface area contributed by atoms with Crippen LogP contribution in [0.15, 0.2) is 47.3 Å². The van der Waals surface area contributed by atoms with E-state index in [0.29, 0.717) is 23.8 Å². The first-order valence-electron chi connectivity index (χ1n) is 10.2. The van der Waals surface area contributed by atoms with Crippen LogP contribution in [0.3, 0.4) is 0 Å². The van der Waals surface area contributed by atoms with Gasteiger partial charge < -0.3 is 24.8 Å². The summed E-state index contributed by atoms with van der Waals surface area (Å²) in [7, 11) is 5.68. The average molecular weight is 439 g/mol. The van der Waals surface area contributed by atoms with E-state index in [1.807, 2.05) is 62.3 Å². The summed E-state index contributed by atoms with van der Waals surface area (Å²) in [5.74, 6) is 0.786. The van der Waals surface area contributed by atoms with Crippen LogP contribution in [-0.4, -0.2) is 54.2 Å². The van der Waals surface area contributed by atoms with Gasteiger partial charge in [-0.25, -0.2) is 0 Å². The van der Waals surface area contributed by atoms with Gasteiger partial charge in [-0.3, -0.25) is 4.79 Å². The van der Waals surface area contributed by atoms with Crippen molar-refractivity contribution in [2.24, 2.45) is 0 Å². The number of nitrogens with zero attached hydrogens (tertiary/aromatic N) is 2. The Morgan fingerprint density at radius 2 is 1.81 bits per heavy atom. The molecule has 0 fully saturated rings. The number of thiocarbonyl (C=S) groups is 1. The van der Waals surface area contributed by atoms with Crippen molar-refractivity contribution < 1.29 is 4.74 Å². The number of methoxy groups -OCH3 is 1. The Labute approximate surface area is 188 Å². The number of hydrogen-bond acceptors (Lipinski definition) is 4. The van der Waals surface area contributed by atoms with Crippen molar-refractivity contribution in [1.29, 1.82) is 0 Å². The Morgan fingerprint density at radius 1 is 1.10 bits per heavy atom. The predicted molar refractivity (Wildman–Crippen MR) is 132 cm³/mol. The van der Waals surface area contributed by atoms with E-state index >= 15 is 0 Å². The van der Waals surface area contributed by atoms with Gasteiger partial charge in [-0.1, -0.05) is 6.07 Å². The second kappa shape index (κ2) is 9.94. The molecule has 0 spiro atoms. The van der Waals surface area contributed by atoms with E-state index in [4.69, 9.17) is 17.0 Å². The van der Waals surface area contributed by atoms with Crippen molar-refractivity contribution in [1.82, 2.24) is 14.8 Å². The molecule has 0 amide bonds. The van der Waals surface area contributed by atoms with Crippen molar-refractivity contribution in [3.63, 3.8) is 0 Å². The van der Waals surface area contributed by atoms with Gasteiger partial charge in [-0.05, 0) is 87.7 Å². The maximum absolute atomic E-state index is 12.8. The maximum Gasteiger partial charge on any atom is 0.253 e. The third-order valence-electron chi connectivity index (χ3n) is 5.20. The number of aromatic amines is 1. The lowest BCUT2D eigenvalue weighted by Crippen LogP contribution is -2.40. The summed E-state index contributed by atoms with van der Waals surface area (Å²) in [4.78, 5) is 20.0. The van der Waals surface area contributed by atoms with Gasteiger partial charge in [0.1, 0.15) is 5.75 Å². The molecule has 6 nitrogen and oxygen atoms in total. The molecule has 164 valence electrons. The molecule has 0 saturated carbocycles. The van der Waals surface area contributed by atoms with Crippen molar-refractivity contribution in [3.8, 4) is 5.75 Å². The Hall–Kier alpha value is -2.90. The zero-order valence-electron chi connectivity index (χ0n) is 18.8. The molecule has 0 aliphatic heterocycles. The van der Waals surface area contributed by atoms with Crippen LogP contribution < -0.4 is 15.6 Å². The second-order valence-corrected chi connectivity index (χ2v) is 8.44. The molecule has 0 aliphatic carbocycles. The molecule has 0 saturated heterocycles. The van der Waals surface area contributed by atoms with Crippen LogP contribution in [0.2, 0.25) is 0 Å². The lowest BCUT2D eigenvalue weighted by atomic mass is 10.0. The molecule has 3 aromatic rings. The van der Waals surface area contributed by atoms with Gasteiger partial charge >= 0.3 is 0 Å². The highest BCUT2D eigenvalue weighted by Gasteiger charge is 2.15. The van der Waals surface area contributed by atoms with Crippen LogP contribution in [0.1, 0.15) is 16.7 Å². The first-order chi connectivity index (χ1) is 14.8.